The number of amides is 1. The molecule has 0 aliphatic heterocycles. The Labute approximate surface area is 148 Å². The van der Waals surface area contributed by atoms with Crippen molar-refractivity contribution >= 4 is 46.7 Å². The Morgan fingerprint density at radius 1 is 0.957 bits per heavy atom. The normalized spacial score (nSPS) is 10.2. The summed E-state index contributed by atoms with van der Waals surface area (Å²) < 4.78 is 4.92. The predicted octanol–water partition coefficient (Wildman–Crippen LogP) is 4.12. The Kier molecular flexibility index (Phi) is 6.28. The van der Waals surface area contributed by atoms with Crippen LogP contribution in [-0.2, 0) is 16.1 Å². The summed E-state index contributed by atoms with van der Waals surface area (Å²) in [5.74, 6) is -1.24. The second-order valence-corrected chi connectivity index (χ2v) is 5.75. The highest BCUT2D eigenvalue weighted by Gasteiger charge is 2.19. The van der Waals surface area contributed by atoms with Crippen LogP contribution in [0.2, 0.25) is 15.1 Å². The SMILES string of the molecule is O=C(COC(=O)c1c(Cl)ccc(Cl)c1Cl)NCc1ccccc1. The number of hydrogen-bond donors (Lipinski definition) is 1. The smallest absolute Gasteiger partial charge is 0.341 e. The molecule has 0 bridgehead atoms. The topological polar surface area (TPSA) is 55.4 Å². The molecule has 0 heterocycles. The van der Waals surface area contributed by atoms with E-state index in [4.69, 9.17) is 39.5 Å². The first-order chi connectivity index (χ1) is 11.0. The average Bonchev–Trinajstić information content (AvgIpc) is 2.56. The van der Waals surface area contributed by atoms with E-state index in [-0.39, 0.29) is 20.6 Å². The molecule has 0 saturated heterocycles. The van der Waals surface area contributed by atoms with Crippen molar-refractivity contribution in [1.29, 1.82) is 0 Å². The van der Waals surface area contributed by atoms with Gasteiger partial charge in [-0.2, -0.15) is 0 Å². The maximum Gasteiger partial charge on any atom is 0.341 e. The highest BCUT2D eigenvalue weighted by atomic mass is 35.5. The van der Waals surface area contributed by atoms with Gasteiger partial charge < -0.3 is 10.1 Å². The van der Waals surface area contributed by atoms with Crippen molar-refractivity contribution in [3.8, 4) is 0 Å². The van der Waals surface area contributed by atoms with Crippen LogP contribution in [0, 0.1) is 0 Å². The van der Waals surface area contributed by atoms with Crippen molar-refractivity contribution in [2.24, 2.45) is 0 Å². The first-order valence-electron chi connectivity index (χ1n) is 6.60. The zero-order valence-electron chi connectivity index (χ0n) is 11.8. The van der Waals surface area contributed by atoms with Gasteiger partial charge in [-0.3, -0.25) is 4.79 Å². The summed E-state index contributed by atoms with van der Waals surface area (Å²) in [5, 5.41) is 2.92. The maximum atomic E-state index is 12.0. The molecule has 0 saturated carbocycles. The Hall–Kier alpha value is -1.75. The fourth-order valence-corrected chi connectivity index (χ4v) is 2.45. The number of halogens is 3. The zero-order chi connectivity index (χ0) is 16.8. The van der Waals surface area contributed by atoms with Gasteiger partial charge in [-0.15, -0.1) is 0 Å². The van der Waals surface area contributed by atoms with Crippen molar-refractivity contribution in [3.63, 3.8) is 0 Å². The molecule has 0 unspecified atom stereocenters. The van der Waals surface area contributed by atoms with Crippen LogP contribution in [0.5, 0.6) is 0 Å². The number of nitrogens with one attached hydrogen (secondary N) is 1. The second-order valence-electron chi connectivity index (χ2n) is 4.56. The molecule has 0 spiro atoms. The van der Waals surface area contributed by atoms with Gasteiger partial charge in [0.25, 0.3) is 5.91 Å². The first kappa shape index (κ1) is 17.6. The minimum absolute atomic E-state index is 0.00568. The molecule has 2 rings (SSSR count). The number of rotatable bonds is 5. The van der Waals surface area contributed by atoms with Crippen molar-refractivity contribution in [2.45, 2.75) is 6.54 Å². The van der Waals surface area contributed by atoms with Crippen LogP contribution >= 0.6 is 34.8 Å². The average molecular weight is 373 g/mol. The number of esters is 1. The summed E-state index contributed by atoms with van der Waals surface area (Å²) in [4.78, 5) is 23.7. The van der Waals surface area contributed by atoms with E-state index in [1.165, 1.54) is 12.1 Å². The van der Waals surface area contributed by atoms with Gasteiger partial charge in [0.05, 0.1) is 20.6 Å². The number of carbonyl (C=O) groups excluding carboxylic acids is 2. The van der Waals surface area contributed by atoms with E-state index in [1.54, 1.807) is 0 Å². The fourth-order valence-electron chi connectivity index (χ4n) is 1.76. The molecular weight excluding hydrogens is 361 g/mol. The van der Waals surface area contributed by atoms with Crippen molar-refractivity contribution < 1.29 is 14.3 Å². The minimum Gasteiger partial charge on any atom is -0.452 e. The standard InChI is InChI=1S/C16H12Cl3NO3/c17-11-6-7-12(18)15(19)14(11)16(22)23-9-13(21)20-8-10-4-2-1-3-5-10/h1-7H,8-9H2,(H,20,21). The van der Waals surface area contributed by atoms with E-state index in [2.05, 4.69) is 5.32 Å². The quantitative estimate of drug-likeness (QED) is 0.634. The molecule has 1 amide bonds. The summed E-state index contributed by atoms with van der Waals surface area (Å²) in [5.41, 5.74) is 0.879. The largest absolute Gasteiger partial charge is 0.452 e. The Morgan fingerprint density at radius 2 is 1.61 bits per heavy atom. The van der Waals surface area contributed by atoms with E-state index in [1.807, 2.05) is 30.3 Å². The third kappa shape index (κ3) is 4.86. The molecule has 2 aromatic carbocycles. The van der Waals surface area contributed by atoms with E-state index >= 15 is 0 Å². The van der Waals surface area contributed by atoms with Gasteiger partial charge in [-0.1, -0.05) is 65.1 Å². The Bertz CT molecular complexity index is 720. The van der Waals surface area contributed by atoms with Crippen LogP contribution in [0.4, 0.5) is 0 Å². The molecule has 7 heteroatoms. The van der Waals surface area contributed by atoms with E-state index in [9.17, 15) is 9.59 Å². The number of ether oxygens (including phenoxy) is 1. The summed E-state index contributed by atoms with van der Waals surface area (Å²) in [6.45, 7) is -0.0965. The van der Waals surface area contributed by atoms with Crippen molar-refractivity contribution in [1.82, 2.24) is 5.32 Å². The second kappa shape index (κ2) is 8.20. The lowest BCUT2D eigenvalue weighted by molar-refractivity contribution is -0.124. The van der Waals surface area contributed by atoms with Gasteiger partial charge >= 0.3 is 5.97 Å². The maximum absolute atomic E-state index is 12.0. The monoisotopic (exact) mass is 371 g/mol. The van der Waals surface area contributed by atoms with Crippen molar-refractivity contribution in [3.05, 3.63) is 68.7 Å². The summed E-state index contributed by atoms with van der Waals surface area (Å²) in [7, 11) is 0. The molecule has 0 fully saturated rings. The molecule has 2 aromatic rings. The van der Waals surface area contributed by atoms with Crippen LogP contribution < -0.4 is 5.32 Å². The van der Waals surface area contributed by atoms with Crippen molar-refractivity contribution in [2.75, 3.05) is 6.61 Å². The van der Waals surface area contributed by atoms with Gasteiger partial charge in [0.15, 0.2) is 6.61 Å². The highest BCUT2D eigenvalue weighted by Crippen LogP contribution is 2.31. The number of benzene rings is 2. The lowest BCUT2D eigenvalue weighted by Crippen LogP contribution is -2.28. The molecule has 1 N–H and O–H groups in total. The third-order valence-electron chi connectivity index (χ3n) is 2.91. The van der Waals surface area contributed by atoms with E-state index in [0.29, 0.717) is 6.54 Å². The number of hydrogen-bond acceptors (Lipinski definition) is 3. The van der Waals surface area contributed by atoms with Crippen LogP contribution in [0.3, 0.4) is 0 Å². The molecular formula is C16H12Cl3NO3. The fraction of sp³-hybridized carbons (Fsp3) is 0.125. The van der Waals surface area contributed by atoms with Gasteiger partial charge in [0.2, 0.25) is 0 Å². The van der Waals surface area contributed by atoms with Crippen LogP contribution in [0.25, 0.3) is 0 Å². The van der Waals surface area contributed by atoms with E-state index in [0.717, 1.165) is 5.56 Å². The minimum atomic E-state index is -0.808. The molecule has 120 valence electrons. The van der Waals surface area contributed by atoms with Gasteiger partial charge in [0.1, 0.15) is 0 Å². The van der Waals surface area contributed by atoms with Gasteiger partial charge in [-0.05, 0) is 17.7 Å². The molecule has 0 aliphatic carbocycles. The lowest BCUT2D eigenvalue weighted by atomic mass is 10.2. The molecule has 23 heavy (non-hydrogen) atoms. The Morgan fingerprint density at radius 3 is 2.30 bits per heavy atom. The molecule has 4 nitrogen and oxygen atoms in total. The Balaban J connectivity index is 1.89. The van der Waals surface area contributed by atoms with Crippen LogP contribution in [0.15, 0.2) is 42.5 Å². The summed E-state index contributed by atoms with van der Waals surface area (Å²) in [6.07, 6.45) is 0. The predicted molar refractivity (Wildman–Crippen MR) is 90.0 cm³/mol. The molecule has 0 radical (unpaired) electrons. The summed E-state index contributed by atoms with van der Waals surface area (Å²) in [6, 6.07) is 12.3. The van der Waals surface area contributed by atoms with Gasteiger partial charge in [0, 0.05) is 6.54 Å². The molecule has 0 aliphatic rings. The first-order valence-corrected chi connectivity index (χ1v) is 7.73. The number of carbonyl (C=O) groups is 2. The highest BCUT2D eigenvalue weighted by molar-refractivity contribution is 6.46. The third-order valence-corrected chi connectivity index (χ3v) is 4.03. The summed E-state index contributed by atoms with van der Waals surface area (Å²) >= 11 is 17.7. The van der Waals surface area contributed by atoms with Crippen LogP contribution in [-0.4, -0.2) is 18.5 Å². The zero-order valence-corrected chi connectivity index (χ0v) is 14.1. The van der Waals surface area contributed by atoms with E-state index < -0.39 is 18.5 Å². The molecule has 0 atom stereocenters. The lowest BCUT2D eigenvalue weighted by Gasteiger charge is -2.09. The van der Waals surface area contributed by atoms with Gasteiger partial charge in [-0.25, -0.2) is 4.79 Å². The van der Waals surface area contributed by atoms with Crippen LogP contribution in [0.1, 0.15) is 15.9 Å². The molecule has 0 aromatic heterocycles.